The van der Waals surface area contributed by atoms with Gasteiger partial charge in [0.15, 0.2) is 0 Å². The van der Waals surface area contributed by atoms with E-state index in [1.807, 2.05) is 34.9 Å². The van der Waals surface area contributed by atoms with Crippen LogP contribution in [0.5, 0.6) is 0 Å². The van der Waals surface area contributed by atoms with Gasteiger partial charge < -0.3 is 23.9 Å². The third kappa shape index (κ3) is 3.19. The molecule has 116 valence electrons. The maximum atomic E-state index is 10.1. The van der Waals surface area contributed by atoms with Gasteiger partial charge in [0.25, 0.3) is 0 Å². The predicted octanol–water partition coefficient (Wildman–Crippen LogP) is 1.70. The normalized spacial score (nSPS) is 12.8. The van der Waals surface area contributed by atoms with E-state index < -0.39 is 6.10 Å². The Balaban J connectivity index is 1.64. The number of imidazole rings is 1. The lowest BCUT2D eigenvalue weighted by Crippen LogP contribution is -2.23. The van der Waals surface area contributed by atoms with Crippen molar-refractivity contribution in [1.82, 2.24) is 9.55 Å². The summed E-state index contributed by atoms with van der Waals surface area (Å²) >= 11 is 0. The van der Waals surface area contributed by atoms with Gasteiger partial charge in [-0.25, -0.2) is 4.98 Å². The minimum atomic E-state index is -0.696. The van der Waals surface area contributed by atoms with Gasteiger partial charge in [0, 0.05) is 0 Å². The summed E-state index contributed by atoms with van der Waals surface area (Å²) in [5.41, 5.74) is 1.69. The van der Waals surface area contributed by atoms with Crippen molar-refractivity contribution in [3.63, 3.8) is 0 Å². The van der Waals surface area contributed by atoms with Crippen LogP contribution in [0.2, 0.25) is 0 Å². The molecule has 6 heteroatoms. The molecule has 0 amide bonds. The fraction of sp³-hybridized carbons (Fsp3) is 0.312. The number of rotatable bonds is 7. The van der Waals surface area contributed by atoms with E-state index in [1.54, 1.807) is 12.3 Å². The minimum absolute atomic E-state index is 0.172. The number of fused-ring (bicyclic) bond motifs is 1. The van der Waals surface area contributed by atoms with Gasteiger partial charge >= 0.3 is 0 Å². The zero-order chi connectivity index (χ0) is 15.4. The van der Waals surface area contributed by atoms with Gasteiger partial charge in [-0.2, -0.15) is 0 Å². The molecular formula is C16H18N2O4. The Morgan fingerprint density at radius 1 is 1.23 bits per heavy atom. The van der Waals surface area contributed by atoms with Gasteiger partial charge in [-0.05, 0) is 24.3 Å². The quantitative estimate of drug-likeness (QED) is 0.694. The predicted molar refractivity (Wildman–Crippen MR) is 80.0 cm³/mol. The van der Waals surface area contributed by atoms with Gasteiger partial charge in [-0.3, -0.25) is 0 Å². The molecule has 3 rings (SSSR count). The standard InChI is InChI=1S/C16H18N2O4/c19-9-16-17-14-5-1-2-6-15(14)18(16)8-12(20)10-21-11-13-4-3-7-22-13/h1-7,12,19-20H,8-11H2. The van der Waals surface area contributed by atoms with Gasteiger partial charge in [-0.15, -0.1) is 0 Å². The van der Waals surface area contributed by atoms with Crippen molar-refractivity contribution >= 4 is 11.0 Å². The van der Waals surface area contributed by atoms with Crippen LogP contribution in [-0.4, -0.2) is 32.5 Å². The van der Waals surface area contributed by atoms with Crippen LogP contribution in [0.25, 0.3) is 11.0 Å². The average Bonchev–Trinajstić information content (AvgIpc) is 3.15. The van der Waals surface area contributed by atoms with E-state index in [4.69, 9.17) is 9.15 Å². The summed E-state index contributed by atoms with van der Waals surface area (Å²) < 4.78 is 12.4. The Bertz CT molecular complexity index is 721. The molecule has 0 saturated heterocycles. The molecule has 0 aliphatic heterocycles. The molecule has 22 heavy (non-hydrogen) atoms. The van der Waals surface area contributed by atoms with Crippen LogP contribution in [0.3, 0.4) is 0 Å². The first-order valence-electron chi connectivity index (χ1n) is 7.11. The molecule has 2 aromatic heterocycles. The number of para-hydroxylation sites is 2. The summed E-state index contributed by atoms with van der Waals surface area (Å²) in [4.78, 5) is 4.35. The maximum absolute atomic E-state index is 10.1. The highest BCUT2D eigenvalue weighted by Gasteiger charge is 2.13. The van der Waals surface area contributed by atoms with Crippen LogP contribution in [-0.2, 0) is 24.5 Å². The summed E-state index contributed by atoms with van der Waals surface area (Å²) in [6.45, 7) is 0.642. The Kier molecular flexibility index (Phi) is 4.53. The van der Waals surface area contributed by atoms with E-state index in [9.17, 15) is 10.2 Å². The molecule has 0 aliphatic rings. The van der Waals surface area contributed by atoms with Crippen LogP contribution in [0.4, 0.5) is 0 Å². The smallest absolute Gasteiger partial charge is 0.135 e. The van der Waals surface area contributed by atoms with E-state index in [1.165, 1.54) is 0 Å². The molecule has 1 aromatic carbocycles. The molecule has 1 unspecified atom stereocenters. The van der Waals surface area contributed by atoms with Crippen LogP contribution >= 0.6 is 0 Å². The highest BCUT2D eigenvalue weighted by Crippen LogP contribution is 2.16. The summed E-state index contributed by atoms with van der Waals surface area (Å²) in [5.74, 6) is 1.25. The van der Waals surface area contributed by atoms with Crippen LogP contribution in [0.1, 0.15) is 11.6 Å². The number of furan rings is 1. The second-order valence-electron chi connectivity index (χ2n) is 5.03. The highest BCUT2D eigenvalue weighted by molar-refractivity contribution is 5.75. The number of aliphatic hydroxyl groups is 2. The minimum Gasteiger partial charge on any atom is -0.467 e. The molecule has 0 radical (unpaired) electrons. The van der Waals surface area contributed by atoms with E-state index in [0.717, 1.165) is 16.8 Å². The van der Waals surface area contributed by atoms with Crippen molar-refractivity contribution in [3.8, 4) is 0 Å². The monoisotopic (exact) mass is 302 g/mol. The lowest BCUT2D eigenvalue weighted by molar-refractivity contribution is 0.0144. The van der Waals surface area contributed by atoms with Crippen LogP contribution in [0.15, 0.2) is 47.1 Å². The van der Waals surface area contributed by atoms with Gasteiger partial charge in [0.1, 0.15) is 24.8 Å². The summed E-state index contributed by atoms with van der Waals surface area (Å²) in [7, 11) is 0. The lowest BCUT2D eigenvalue weighted by atomic mass is 10.3. The Hall–Kier alpha value is -2.15. The Morgan fingerprint density at radius 3 is 2.86 bits per heavy atom. The number of hydrogen-bond donors (Lipinski definition) is 2. The number of ether oxygens (including phenoxy) is 1. The number of aliphatic hydroxyl groups excluding tert-OH is 2. The van der Waals surface area contributed by atoms with Crippen molar-refractivity contribution in [3.05, 3.63) is 54.2 Å². The third-order valence-electron chi connectivity index (χ3n) is 3.40. The molecule has 2 heterocycles. The number of nitrogens with zero attached hydrogens (tertiary/aromatic N) is 2. The van der Waals surface area contributed by atoms with Gasteiger partial charge in [-0.1, -0.05) is 12.1 Å². The van der Waals surface area contributed by atoms with E-state index in [2.05, 4.69) is 4.98 Å². The fourth-order valence-corrected chi connectivity index (χ4v) is 2.40. The first kappa shape index (κ1) is 14.8. The van der Waals surface area contributed by atoms with Gasteiger partial charge in [0.05, 0.1) is 36.6 Å². The molecule has 0 aliphatic carbocycles. The molecule has 6 nitrogen and oxygen atoms in total. The van der Waals surface area contributed by atoms with Crippen molar-refractivity contribution in [2.24, 2.45) is 0 Å². The maximum Gasteiger partial charge on any atom is 0.135 e. The second-order valence-corrected chi connectivity index (χ2v) is 5.03. The molecule has 1 atom stereocenters. The molecule has 0 saturated carbocycles. The summed E-state index contributed by atoms with van der Waals surface area (Å²) in [5, 5.41) is 19.6. The van der Waals surface area contributed by atoms with Crippen molar-refractivity contribution in [2.75, 3.05) is 6.61 Å². The van der Waals surface area contributed by atoms with E-state index >= 15 is 0 Å². The molecule has 0 bridgehead atoms. The average molecular weight is 302 g/mol. The van der Waals surface area contributed by atoms with Crippen LogP contribution < -0.4 is 0 Å². The van der Waals surface area contributed by atoms with Crippen molar-refractivity contribution in [2.45, 2.75) is 25.9 Å². The molecular weight excluding hydrogens is 284 g/mol. The first-order chi connectivity index (χ1) is 10.8. The van der Waals surface area contributed by atoms with E-state index in [0.29, 0.717) is 19.0 Å². The SMILES string of the molecule is OCc1nc2ccccc2n1CC(O)COCc1ccco1. The topological polar surface area (TPSA) is 80.7 Å². The van der Waals surface area contributed by atoms with Gasteiger partial charge in [0.2, 0.25) is 0 Å². The molecule has 0 fully saturated rings. The number of aromatic nitrogens is 2. The number of hydrogen-bond acceptors (Lipinski definition) is 5. The molecule has 2 N–H and O–H groups in total. The zero-order valence-corrected chi connectivity index (χ0v) is 12.1. The van der Waals surface area contributed by atoms with Crippen molar-refractivity contribution in [1.29, 1.82) is 0 Å². The third-order valence-corrected chi connectivity index (χ3v) is 3.40. The fourth-order valence-electron chi connectivity index (χ4n) is 2.40. The zero-order valence-electron chi connectivity index (χ0n) is 12.1. The first-order valence-corrected chi connectivity index (χ1v) is 7.11. The van der Waals surface area contributed by atoms with Crippen molar-refractivity contribution < 1.29 is 19.4 Å². The lowest BCUT2D eigenvalue weighted by Gasteiger charge is -2.14. The Morgan fingerprint density at radius 2 is 2.09 bits per heavy atom. The summed E-state index contributed by atoms with van der Waals surface area (Å²) in [6, 6.07) is 11.2. The summed E-state index contributed by atoms with van der Waals surface area (Å²) in [6.07, 6.45) is 0.887. The molecule has 0 spiro atoms. The largest absolute Gasteiger partial charge is 0.467 e. The second kappa shape index (κ2) is 6.74. The molecule has 3 aromatic rings. The number of benzene rings is 1. The van der Waals surface area contributed by atoms with Crippen LogP contribution in [0, 0.1) is 0 Å². The van der Waals surface area contributed by atoms with E-state index in [-0.39, 0.29) is 13.2 Å². The highest BCUT2D eigenvalue weighted by atomic mass is 16.5. The Labute approximate surface area is 127 Å².